The lowest BCUT2D eigenvalue weighted by Crippen LogP contribution is -2.34. The van der Waals surface area contributed by atoms with Crippen LogP contribution in [0.4, 0.5) is 0 Å². The molecule has 0 aliphatic heterocycles. The monoisotopic (exact) mass is 330 g/mol. The van der Waals surface area contributed by atoms with Gasteiger partial charge in [-0.25, -0.2) is 4.98 Å². The maximum absolute atomic E-state index is 12.1. The quantitative estimate of drug-likeness (QED) is 0.804. The number of hydrogen-bond donors (Lipinski definition) is 1. The Kier molecular flexibility index (Phi) is 6.57. The minimum absolute atomic E-state index is 0.191. The van der Waals surface area contributed by atoms with Crippen LogP contribution in [0.2, 0.25) is 0 Å². The Hall–Kier alpha value is -2.60. The average Bonchev–Trinajstić information content (AvgIpc) is 2.64. The first-order valence-corrected chi connectivity index (χ1v) is 7.64. The minimum Gasteiger partial charge on any atom is -0.497 e. The van der Waals surface area contributed by atoms with E-state index in [1.165, 1.54) is 0 Å². The topological polar surface area (TPSA) is 69.7 Å². The summed E-state index contributed by atoms with van der Waals surface area (Å²) in [5.74, 6) is 1.07. The Labute approximate surface area is 141 Å². The van der Waals surface area contributed by atoms with Crippen LogP contribution in [0.25, 0.3) is 0 Å². The zero-order valence-electron chi connectivity index (χ0n) is 14.1. The smallest absolute Gasteiger partial charge is 0.249 e. The third kappa shape index (κ3) is 4.96. The fraction of sp³-hybridized carbons (Fsp3) is 0.333. The normalized spacial score (nSPS) is 11.6. The minimum atomic E-state index is -0.570. The van der Waals surface area contributed by atoms with E-state index in [1.807, 2.05) is 30.3 Å². The summed E-state index contributed by atoms with van der Waals surface area (Å²) in [6.07, 6.45) is 1.07. The molecule has 24 heavy (non-hydrogen) atoms. The van der Waals surface area contributed by atoms with Crippen molar-refractivity contribution in [3.8, 4) is 11.6 Å². The summed E-state index contributed by atoms with van der Waals surface area (Å²) in [6.45, 7) is 2.39. The van der Waals surface area contributed by atoms with Crippen LogP contribution in [0.15, 0.2) is 42.6 Å². The maximum atomic E-state index is 12.1. The number of ether oxygens (including phenoxy) is 3. The van der Waals surface area contributed by atoms with Gasteiger partial charge < -0.3 is 19.5 Å². The molecule has 0 fully saturated rings. The zero-order valence-corrected chi connectivity index (χ0v) is 14.1. The number of benzene rings is 1. The molecule has 0 aliphatic carbocycles. The lowest BCUT2D eigenvalue weighted by Gasteiger charge is -2.14. The number of carbonyl (C=O) groups excluding carboxylic acids is 1. The molecule has 1 heterocycles. The predicted molar refractivity (Wildman–Crippen MR) is 89.9 cm³/mol. The molecule has 0 saturated carbocycles. The van der Waals surface area contributed by atoms with Crippen molar-refractivity contribution in [2.45, 2.75) is 26.2 Å². The van der Waals surface area contributed by atoms with Crippen LogP contribution < -0.4 is 14.8 Å². The zero-order chi connectivity index (χ0) is 17.4. The van der Waals surface area contributed by atoms with E-state index in [0.717, 1.165) is 16.9 Å². The van der Waals surface area contributed by atoms with Gasteiger partial charge in [0.25, 0.3) is 0 Å². The second kappa shape index (κ2) is 8.88. The van der Waals surface area contributed by atoms with Crippen LogP contribution in [0.1, 0.15) is 18.1 Å². The van der Waals surface area contributed by atoms with Crippen molar-refractivity contribution in [3.63, 3.8) is 0 Å². The highest BCUT2D eigenvalue weighted by atomic mass is 16.5. The summed E-state index contributed by atoms with van der Waals surface area (Å²) in [7, 11) is 3.16. The molecule has 0 unspecified atom stereocenters. The molecule has 1 aromatic heterocycles. The fourth-order valence-corrected chi connectivity index (χ4v) is 2.13. The van der Waals surface area contributed by atoms with E-state index < -0.39 is 6.10 Å². The highest BCUT2D eigenvalue weighted by Gasteiger charge is 2.14. The molecule has 0 bridgehead atoms. The van der Waals surface area contributed by atoms with Crippen molar-refractivity contribution in [3.05, 3.63) is 53.7 Å². The van der Waals surface area contributed by atoms with Gasteiger partial charge in [0, 0.05) is 18.3 Å². The lowest BCUT2D eigenvalue weighted by molar-refractivity contribution is -0.132. The molecule has 128 valence electrons. The number of methoxy groups -OCH3 is 2. The molecule has 6 heteroatoms. The Balaban J connectivity index is 1.83. The van der Waals surface area contributed by atoms with Gasteiger partial charge in [0.1, 0.15) is 11.9 Å². The van der Waals surface area contributed by atoms with Gasteiger partial charge >= 0.3 is 0 Å². The highest BCUT2D eigenvalue weighted by molar-refractivity contribution is 5.80. The Bertz CT molecular complexity index is 676. The van der Waals surface area contributed by atoms with Gasteiger partial charge in [0.05, 0.1) is 20.8 Å². The van der Waals surface area contributed by atoms with E-state index in [9.17, 15) is 4.79 Å². The van der Waals surface area contributed by atoms with E-state index in [-0.39, 0.29) is 5.91 Å². The molecule has 1 aromatic carbocycles. The number of amides is 1. The van der Waals surface area contributed by atoms with Gasteiger partial charge in [-0.2, -0.15) is 0 Å². The molecule has 1 amide bonds. The predicted octanol–water partition coefficient (Wildman–Crippen LogP) is 2.32. The second-order valence-corrected chi connectivity index (χ2v) is 5.19. The van der Waals surface area contributed by atoms with Crippen molar-refractivity contribution < 1.29 is 19.0 Å². The number of rotatable bonds is 8. The number of aromatic nitrogens is 1. The summed E-state index contributed by atoms with van der Waals surface area (Å²) >= 11 is 0. The van der Waals surface area contributed by atoms with E-state index in [2.05, 4.69) is 10.3 Å². The van der Waals surface area contributed by atoms with Crippen molar-refractivity contribution in [2.24, 2.45) is 0 Å². The van der Waals surface area contributed by atoms with E-state index in [1.54, 1.807) is 33.4 Å². The molecular weight excluding hydrogens is 308 g/mol. The molecule has 0 saturated heterocycles. The summed E-state index contributed by atoms with van der Waals surface area (Å²) in [5, 5.41) is 2.82. The van der Waals surface area contributed by atoms with Gasteiger partial charge in [0.15, 0.2) is 0 Å². The van der Waals surface area contributed by atoms with Gasteiger partial charge in [-0.3, -0.25) is 4.79 Å². The largest absolute Gasteiger partial charge is 0.497 e. The van der Waals surface area contributed by atoms with Gasteiger partial charge in [-0.05, 0) is 30.7 Å². The number of hydrogen-bond acceptors (Lipinski definition) is 5. The SMILES string of the molecule is COc1cccc(CO[C@@H](C)C(=O)NCc2cccnc2OC)c1. The Morgan fingerprint density at radius 3 is 2.79 bits per heavy atom. The molecule has 1 atom stereocenters. The van der Waals surface area contributed by atoms with E-state index in [4.69, 9.17) is 14.2 Å². The summed E-state index contributed by atoms with van der Waals surface area (Å²) in [6, 6.07) is 11.2. The third-order valence-corrected chi connectivity index (χ3v) is 3.50. The van der Waals surface area contributed by atoms with Crippen LogP contribution in [-0.4, -0.2) is 31.2 Å². The van der Waals surface area contributed by atoms with Crippen LogP contribution in [-0.2, 0) is 22.7 Å². The number of pyridine rings is 1. The van der Waals surface area contributed by atoms with Crippen LogP contribution in [0.3, 0.4) is 0 Å². The number of nitrogens with zero attached hydrogens (tertiary/aromatic N) is 1. The first-order valence-electron chi connectivity index (χ1n) is 7.64. The lowest BCUT2D eigenvalue weighted by atomic mass is 10.2. The number of nitrogens with one attached hydrogen (secondary N) is 1. The van der Waals surface area contributed by atoms with Gasteiger partial charge in [-0.1, -0.05) is 18.2 Å². The maximum Gasteiger partial charge on any atom is 0.249 e. The van der Waals surface area contributed by atoms with Crippen molar-refractivity contribution in [1.29, 1.82) is 0 Å². The molecule has 0 aliphatic rings. The average molecular weight is 330 g/mol. The molecule has 6 nitrogen and oxygen atoms in total. The van der Waals surface area contributed by atoms with Crippen LogP contribution >= 0.6 is 0 Å². The highest BCUT2D eigenvalue weighted by Crippen LogP contribution is 2.15. The Morgan fingerprint density at radius 1 is 1.21 bits per heavy atom. The fourth-order valence-electron chi connectivity index (χ4n) is 2.13. The van der Waals surface area contributed by atoms with Crippen molar-refractivity contribution in [2.75, 3.05) is 14.2 Å². The third-order valence-electron chi connectivity index (χ3n) is 3.50. The van der Waals surface area contributed by atoms with Gasteiger partial charge in [-0.15, -0.1) is 0 Å². The van der Waals surface area contributed by atoms with Crippen LogP contribution in [0.5, 0.6) is 11.6 Å². The first kappa shape index (κ1) is 17.7. The summed E-state index contributed by atoms with van der Waals surface area (Å²) in [5.41, 5.74) is 1.76. The first-order chi connectivity index (χ1) is 11.6. The number of carbonyl (C=O) groups is 1. The molecule has 0 radical (unpaired) electrons. The van der Waals surface area contributed by atoms with Crippen molar-refractivity contribution >= 4 is 5.91 Å². The van der Waals surface area contributed by atoms with E-state index >= 15 is 0 Å². The molecule has 1 N–H and O–H groups in total. The Morgan fingerprint density at radius 2 is 2.04 bits per heavy atom. The molecular formula is C18H22N2O4. The van der Waals surface area contributed by atoms with E-state index in [0.29, 0.717) is 19.0 Å². The molecule has 2 rings (SSSR count). The summed E-state index contributed by atoms with van der Waals surface area (Å²) < 4.78 is 15.9. The summed E-state index contributed by atoms with van der Waals surface area (Å²) in [4.78, 5) is 16.2. The molecule has 0 spiro atoms. The molecule has 2 aromatic rings. The van der Waals surface area contributed by atoms with Crippen LogP contribution in [0, 0.1) is 0 Å². The second-order valence-electron chi connectivity index (χ2n) is 5.19. The van der Waals surface area contributed by atoms with Gasteiger partial charge in [0.2, 0.25) is 11.8 Å². The standard InChI is InChI=1S/C18H22N2O4/c1-13(24-12-14-6-4-8-16(10-14)22-2)17(21)20-11-15-7-5-9-19-18(15)23-3/h4-10,13H,11-12H2,1-3H3,(H,20,21)/t13-/m0/s1. The van der Waals surface area contributed by atoms with Crippen molar-refractivity contribution in [1.82, 2.24) is 10.3 Å².